The van der Waals surface area contributed by atoms with Gasteiger partial charge in [-0.15, -0.1) is 0 Å². The molecule has 2 aromatic carbocycles. The zero-order chi connectivity index (χ0) is 17.7. The van der Waals surface area contributed by atoms with Crippen molar-refractivity contribution in [3.8, 4) is 0 Å². The first kappa shape index (κ1) is 18.3. The van der Waals surface area contributed by atoms with Crippen molar-refractivity contribution in [1.82, 2.24) is 4.90 Å². The third-order valence-electron chi connectivity index (χ3n) is 3.93. The maximum Gasteiger partial charge on any atom is 0.238 e. The number of hydrogen-bond acceptors (Lipinski definition) is 3. The third-order valence-corrected chi connectivity index (χ3v) is 4.86. The van der Waals surface area contributed by atoms with Gasteiger partial charge in [-0.3, -0.25) is 4.90 Å². The maximum atomic E-state index is 12.9. The average molecular weight is 348 g/mol. The second-order valence-corrected chi connectivity index (χ2v) is 7.24. The molecule has 0 aliphatic carbocycles. The minimum absolute atomic E-state index is 0.109. The highest BCUT2D eigenvalue weighted by Crippen LogP contribution is 2.20. The second kappa shape index (κ2) is 7.70. The number of halogens is 1. The molecule has 0 aliphatic heterocycles. The summed E-state index contributed by atoms with van der Waals surface area (Å²) in [5, 5.41) is 5.10. The Balaban J connectivity index is 1.98. The van der Waals surface area contributed by atoms with Gasteiger partial charge in [0.05, 0.1) is 4.90 Å². The van der Waals surface area contributed by atoms with E-state index in [1.165, 1.54) is 24.3 Å². The van der Waals surface area contributed by atoms with Gasteiger partial charge in [0.15, 0.2) is 0 Å². The first-order valence-electron chi connectivity index (χ1n) is 7.52. The van der Waals surface area contributed by atoms with Gasteiger partial charge in [0.1, 0.15) is 5.82 Å². The lowest BCUT2D eigenvalue weighted by atomic mass is 10.1. The first-order chi connectivity index (χ1) is 11.3. The Morgan fingerprint density at radius 3 is 2.25 bits per heavy atom. The van der Waals surface area contributed by atoms with E-state index < -0.39 is 10.0 Å². The van der Waals surface area contributed by atoms with E-state index in [4.69, 9.17) is 5.14 Å². The van der Waals surface area contributed by atoms with E-state index >= 15 is 0 Å². The van der Waals surface area contributed by atoms with Gasteiger partial charge in [0.25, 0.3) is 0 Å². The van der Waals surface area contributed by atoms with Gasteiger partial charge >= 0.3 is 0 Å². The lowest BCUT2D eigenvalue weighted by molar-refractivity contribution is 0.290. The van der Waals surface area contributed by atoms with Crippen molar-refractivity contribution < 1.29 is 12.8 Å². The van der Waals surface area contributed by atoms with Gasteiger partial charge in [-0.05, 0) is 49.4 Å². The van der Waals surface area contributed by atoms with Crippen LogP contribution in [0.1, 0.15) is 24.1 Å². The molecule has 128 valence electrons. The SMILES string of the molecule is CC(c1ccc(S(N)(=O)=O)cc1)N(C)CC=Cc1ccc(F)cc1. The number of nitrogens with two attached hydrogens (primary N) is 1. The fourth-order valence-electron chi connectivity index (χ4n) is 2.28. The maximum absolute atomic E-state index is 12.9. The average Bonchev–Trinajstić information content (AvgIpc) is 2.55. The molecule has 1 unspecified atom stereocenters. The molecule has 0 bridgehead atoms. The molecule has 0 saturated heterocycles. The quantitative estimate of drug-likeness (QED) is 0.872. The summed E-state index contributed by atoms with van der Waals surface area (Å²) < 4.78 is 35.4. The van der Waals surface area contributed by atoms with Gasteiger partial charge in [-0.25, -0.2) is 17.9 Å². The van der Waals surface area contributed by atoms with E-state index in [1.54, 1.807) is 24.3 Å². The molecule has 0 spiro atoms. The largest absolute Gasteiger partial charge is 0.296 e. The Bertz CT molecular complexity index is 800. The number of sulfonamides is 1. The summed E-state index contributed by atoms with van der Waals surface area (Å²) in [6.07, 6.45) is 3.94. The number of benzene rings is 2. The second-order valence-electron chi connectivity index (χ2n) is 5.68. The van der Waals surface area contributed by atoms with Gasteiger partial charge in [-0.1, -0.05) is 36.4 Å². The van der Waals surface area contributed by atoms with Crippen molar-refractivity contribution in [1.29, 1.82) is 0 Å². The molecule has 2 aromatic rings. The molecule has 2 N–H and O–H groups in total. The van der Waals surface area contributed by atoms with Crippen LogP contribution in [0.3, 0.4) is 0 Å². The van der Waals surface area contributed by atoms with Gasteiger partial charge in [-0.2, -0.15) is 0 Å². The molecule has 0 fully saturated rings. The molecule has 1 atom stereocenters. The molecule has 24 heavy (non-hydrogen) atoms. The first-order valence-corrected chi connectivity index (χ1v) is 9.07. The molecule has 0 saturated carbocycles. The van der Waals surface area contributed by atoms with Crippen LogP contribution in [0.4, 0.5) is 4.39 Å². The summed E-state index contributed by atoms with van der Waals surface area (Å²) in [5.41, 5.74) is 1.94. The molecule has 4 nitrogen and oxygen atoms in total. The van der Waals surface area contributed by atoms with E-state index in [2.05, 4.69) is 4.90 Å². The fraction of sp³-hybridized carbons (Fsp3) is 0.222. The molecule has 0 radical (unpaired) electrons. The third kappa shape index (κ3) is 4.99. The number of hydrogen-bond donors (Lipinski definition) is 1. The number of primary sulfonamides is 1. The van der Waals surface area contributed by atoms with E-state index in [1.807, 2.05) is 26.1 Å². The Morgan fingerprint density at radius 2 is 1.71 bits per heavy atom. The monoisotopic (exact) mass is 348 g/mol. The van der Waals surface area contributed by atoms with E-state index in [9.17, 15) is 12.8 Å². The molecule has 0 aliphatic rings. The highest BCUT2D eigenvalue weighted by Gasteiger charge is 2.12. The molecule has 6 heteroatoms. The molecular formula is C18H21FN2O2S. The predicted octanol–water partition coefficient (Wildman–Crippen LogP) is 3.18. The summed E-state index contributed by atoms with van der Waals surface area (Å²) in [4.78, 5) is 2.23. The molecule has 0 aromatic heterocycles. The number of nitrogens with zero attached hydrogens (tertiary/aromatic N) is 1. The van der Waals surface area contributed by atoms with Crippen LogP contribution >= 0.6 is 0 Å². The zero-order valence-electron chi connectivity index (χ0n) is 13.7. The predicted molar refractivity (Wildman–Crippen MR) is 94.3 cm³/mol. The van der Waals surface area contributed by atoms with Crippen LogP contribution < -0.4 is 5.14 Å². The van der Waals surface area contributed by atoms with Crippen LogP contribution in [0.15, 0.2) is 59.5 Å². The Kier molecular flexibility index (Phi) is 5.88. The summed E-state index contributed by atoms with van der Waals surface area (Å²) in [6.45, 7) is 2.74. The van der Waals surface area contributed by atoms with E-state index in [0.717, 1.165) is 11.1 Å². The molecule has 0 amide bonds. The Labute approximate surface area is 142 Å². The summed E-state index contributed by atoms with van der Waals surface area (Å²) >= 11 is 0. The lowest BCUT2D eigenvalue weighted by Gasteiger charge is -2.23. The number of likely N-dealkylation sites (N-methyl/N-ethyl adjacent to an activating group) is 1. The highest BCUT2D eigenvalue weighted by atomic mass is 32.2. The summed E-state index contributed by atoms with van der Waals surface area (Å²) in [6, 6.07) is 13.0. The van der Waals surface area contributed by atoms with Gasteiger partial charge in [0, 0.05) is 12.6 Å². The van der Waals surface area contributed by atoms with Crippen LogP contribution in [-0.4, -0.2) is 26.9 Å². The minimum atomic E-state index is -3.66. The molecule has 0 heterocycles. The normalized spacial score (nSPS) is 13.5. The summed E-state index contributed by atoms with van der Waals surface area (Å²) in [5.74, 6) is -0.249. The van der Waals surface area contributed by atoms with Crippen LogP contribution in [0.5, 0.6) is 0 Å². The Hall–Kier alpha value is -2.02. The fourth-order valence-corrected chi connectivity index (χ4v) is 2.79. The van der Waals surface area contributed by atoms with Crippen LogP contribution in [-0.2, 0) is 10.0 Å². The van der Waals surface area contributed by atoms with E-state index in [-0.39, 0.29) is 16.8 Å². The van der Waals surface area contributed by atoms with Crippen molar-refractivity contribution in [2.24, 2.45) is 5.14 Å². The van der Waals surface area contributed by atoms with Crippen molar-refractivity contribution in [2.45, 2.75) is 17.9 Å². The topological polar surface area (TPSA) is 63.4 Å². The van der Waals surface area contributed by atoms with Gasteiger partial charge < -0.3 is 0 Å². The van der Waals surface area contributed by atoms with Crippen LogP contribution in [0.2, 0.25) is 0 Å². The molecule has 2 rings (SSSR count). The smallest absolute Gasteiger partial charge is 0.238 e. The zero-order valence-corrected chi connectivity index (χ0v) is 14.5. The van der Waals surface area contributed by atoms with E-state index in [0.29, 0.717) is 6.54 Å². The molecular weight excluding hydrogens is 327 g/mol. The Morgan fingerprint density at radius 1 is 1.12 bits per heavy atom. The van der Waals surface area contributed by atoms with Crippen LogP contribution in [0, 0.1) is 5.82 Å². The van der Waals surface area contributed by atoms with Gasteiger partial charge in [0.2, 0.25) is 10.0 Å². The van der Waals surface area contributed by atoms with Crippen LogP contribution in [0.25, 0.3) is 6.08 Å². The van der Waals surface area contributed by atoms with Crippen molar-refractivity contribution in [2.75, 3.05) is 13.6 Å². The van der Waals surface area contributed by atoms with Crippen molar-refractivity contribution >= 4 is 16.1 Å². The number of rotatable bonds is 6. The standard InChI is InChI=1S/C18H21FN2O2S/c1-14(16-7-11-18(12-8-16)24(20,22)23)21(2)13-3-4-15-5-9-17(19)10-6-15/h3-12,14H,13H2,1-2H3,(H2,20,22,23). The highest BCUT2D eigenvalue weighted by molar-refractivity contribution is 7.89. The van der Waals surface area contributed by atoms with Crippen molar-refractivity contribution in [3.63, 3.8) is 0 Å². The lowest BCUT2D eigenvalue weighted by Crippen LogP contribution is -2.22. The van der Waals surface area contributed by atoms with Crippen molar-refractivity contribution in [3.05, 3.63) is 71.6 Å². The summed E-state index contributed by atoms with van der Waals surface area (Å²) in [7, 11) is -1.69. The minimum Gasteiger partial charge on any atom is -0.296 e.